The summed E-state index contributed by atoms with van der Waals surface area (Å²) in [4.78, 5) is 23.4. The zero-order valence-electron chi connectivity index (χ0n) is 10.5. The predicted molar refractivity (Wildman–Crippen MR) is 71.3 cm³/mol. The first kappa shape index (κ1) is 12.6. The highest BCUT2D eigenvalue weighted by atomic mass is 19.1. The SMILES string of the molecule is O=C(O)c1cn(C2CC2)cc(-c2ccc(F)cc2)c1=O. The summed E-state index contributed by atoms with van der Waals surface area (Å²) in [6.07, 6.45) is 4.99. The van der Waals surface area contributed by atoms with E-state index < -0.39 is 17.2 Å². The fourth-order valence-corrected chi connectivity index (χ4v) is 2.17. The standard InChI is InChI=1S/C15H12FNO3/c16-10-3-1-9(2-4-10)12-7-17(11-5-6-11)8-13(14(12)18)15(19)20/h1-4,7-8,11H,5-6H2,(H,19,20). The number of halogens is 1. The number of pyridine rings is 1. The van der Waals surface area contributed by atoms with Crippen LogP contribution in [-0.2, 0) is 0 Å². The fraction of sp³-hybridized carbons (Fsp3) is 0.200. The maximum atomic E-state index is 13.0. The Morgan fingerprint density at radius 1 is 1.20 bits per heavy atom. The molecule has 0 bridgehead atoms. The van der Waals surface area contributed by atoms with Crippen molar-refractivity contribution in [1.82, 2.24) is 4.57 Å². The van der Waals surface area contributed by atoms with Crippen LogP contribution >= 0.6 is 0 Å². The number of carboxylic acids is 1. The zero-order valence-corrected chi connectivity index (χ0v) is 10.5. The van der Waals surface area contributed by atoms with Crippen LogP contribution < -0.4 is 5.43 Å². The van der Waals surface area contributed by atoms with Gasteiger partial charge in [0.25, 0.3) is 0 Å². The topological polar surface area (TPSA) is 59.3 Å². The van der Waals surface area contributed by atoms with Gasteiger partial charge in [-0.25, -0.2) is 9.18 Å². The lowest BCUT2D eigenvalue weighted by atomic mass is 10.0. The molecule has 1 heterocycles. The molecule has 1 saturated carbocycles. The molecule has 20 heavy (non-hydrogen) atoms. The van der Waals surface area contributed by atoms with Crippen LogP contribution in [0.4, 0.5) is 4.39 Å². The second-order valence-corrected chi connectivity index (χ2v) is 4.91. The quantitative estimate of drug-likeness (QED) is 0.935. The molecule has 1 N–H and O–H groups in total. The highest BCUT2D eigenvalue weighted by Crippen LogP contribution is 2.35. The average molecular weight is 273 g/mol. The first-order chi connectivity index (χ1) is 9.56. The zero-order chi connectivity index (χ0) is 14.3. The maximum absolute atomic E-state index is 13.0. The molecule has 0 saturated heterocycles. The summed E-state index contributed by atoms with van der Waals surface area (Å²) in [5, 5.41) is 9.13. The second-order valence-electron chi connectivity index (χ2n) is 4.91. The van der Waals surface area contributed by atoms with Crippen LogP contribution in [0.1, 0.15) is 29.2 Å². The van der Waals surface area contributed by atoms with Crippen molar-refractivity contribution in [2.24, 2.45) is 0 Å². The van der Waals surface area contributed by atoms with Crippen molar-refractivity contribution in [3.63, 3.8) is 0 Å². The van der Waals surface area contributed by atoms with Crippen LogP contribution in [0.3, 0.4) is 0 Å². The molecule has 0 amide bonds. The number of carboxylic acid groups (broad SMARTS) is 1. The number of nitrogens with zero attached hydrogens (tertiary/aromatic N) is 1. The van der Waals surface area contributed by atoms with Gasteiger partial charge in [0.05, 0.1) is 0 Å². The third kappa shape index (κ3) is 2.22. The van der Waals surface area contributed by atoms with Crippen LogP contribution in [0.25, 0.3) is 11.1 Å². The molecular formula is C15H12FNO3. The number of aromatic nitrogens is 1. The summed E-state index contributed by atoms with van der Waals surface area (Å²) in [5.41, 5.74) is 0.0189. The molecule has 1 fully saturated rings. The Labute approximate surface area is 114 Å². The average Bonchev–Trinajstić information content (AvgIpc) is 3.24. The van der Waals surface area contributed by atoms with Gasteiger partial charge in [-0.3, -0.25) is 4.79 Å². The fourth-order valence-electron chi connectivity index (χ4n) is 2.17. The Bertz CT molecular complexity index is 730. The van der Waals surface area contributed by atoms with Gasteiger partial charge in [0.15, 0.2) is 0 Å². The molecule has 0 unspecified atom stereocenters. The molecular weight excluding hydrogens is 261 g/mol. The summed E-state index contributed by atoms with van der Waals surface area (Å²) in [6, 6.07) is 5.73. The van der Waals surface area contributed by atoms with Gasteiger partial charge in [-0.15, -0.1) is 0 Å². The smallest absolute Gasteiger partial charge is 0.341 e. The molecule has 1 aromatic carbocycles. The first-order valence-electron chi connectivity index (χ1n) is 6.31. The van der Waals surface area contributed by atoms with Gasteiger partial charge in [-0.05, 0) is 30.5 Å². The molecule has 2 aromatic rings. The highest BCUT2D eigenvalue weighted by Gasteiger charge is 2.25. The second kappa shape index (κ2) is 4.59. The Morgan fingerprint density at radius 2 is 1.85 bits per heavy atom. The van der Waals surface area contributed by atoms with Crippen LogP contribution in [0, 0.1) is 5.82 Å². The lowest BCUT2D eigenvalue weighted by molar-refractivity contribution is 0.0694. The number of hydrogen-bond acceptors (Lipinski definition) is 2. The van der Waals surface area contributed by atoms with Gasteiger partial charge in [-0.1, -0.05) is 12.1 Å². The van der Waals surface area contributed by atoms with E-state index in [1.807, 2.05) is 0 Å². The van der Waals surface area contributed by atoms with Crippen molar-refractivity contribution in [1.29, 1.82) is 0 Å². The maximum Gasteiger partial charge on any atom is 0.341 e. The third-order valence-electron chi connectivity index (χ3n) is 3.40. The van der Waals surface area contributed by atoms with E-state index in [4.69, 9.17) is 5.11 Å². The van der Waals surface area contributed by atoms with Crippen molar-refractivity contribution >= 4 is 5.97 Å². The molecule has 102 valence electrons. The number of rotatable bonds is 3. The van der Waals surface area contributed by atoms with E-state index in [-0.39, 0.29) is 17.2 Å². The van der Waals surface area contributed by atoms with E-state index in [1.165, 1.54) is 30.5 Å². The van der Waals surface area contributed by atoms with Crippen molar-refractivity contribution < 1.29 is 14.3 Å². The summed E-state index contributed by atoms with van der Waals surface area (Å²) < 4.78 is 14.7. The van der Waals surface area contributed by atoms with E-state index in [2.05, 4.69) is 0 Å². The molecule has 0 spiro atoms. The summed E-state index contributed by atoms with van der Waals surface area (Å²) in [6.45, 7) is 0. The minimum atomic E-state index is -1.24. The molecule has 1 aromatic heterocycles. The minimum Gasteiger partial charge on any atom is -0.477 e. The van der Waals surface area contributed by atoms with Crippen molar-refractivity contribution in [3.05, 3.63) is 58.3 Å². The molecule has 1 aliphatic rings. The molecule has 5 heteroatoms. The van der Waals surface area contributed by atoms with Gasteiger partial charge >= 0.3 is 5.97 Å². The first-order valence-corrected chi connectivity index (χ1v) is 6.31. The van der Waals surface area contributed by atoms with E-state index in [0.29, 0.717) is 5.56 Å². The normalized spacial score (nSPS) is 14.2. The van der Waals surface area contributed by atoms with Crippen LogP contribution in [0.2, 0.25) is 0 Å². The molecule has 1 aliphatic carbocycles. The van der Waals surface area contributed by atoms with Crippen molar-refractivity contribution in [2.45, 2.75) is 18.9 Å². The van der Waals surface area contributed by atoms with Crippen molar-refractivity contribution in [2.75, 3.05) is 0 Å². The number of aromatic carboxylic acids is 1. The van der Waals surface area contributed by atoms with E-state index >= 15 is 0 Å². The number of hydrogen-bond donors (Lipinski definition) is 1. The predicted octanol–water partition coefficient (Wildman–Crippen LogP) is 2.69. The summed E-state index contributed by atoms with van der Waals surface area (Å²) >= 11 is 0. The monoisotopic (exact) mass is 273 g/mol. The van der Waals surface area contributed by atoms with Gasteiger partial charge in [-0.2, -0.15) is 0 Å². The number of carbonyl (C=O) groups is 1. The van der Waals surface area contributed by atoms with Gasteiger partial charge in [0.2, 0.25) is 5.43 Å². The Kier molecular flexibility index (Phi) is 2.89. The largest absolute Gasteiger partial charge is 0.477 e. The Balaban J connectivity index is 2.20. The molecule has 0 aliphatic heterocycles. The molecule has 0 radical (unpaired) electrons. The van der Waals surface area contributed by atoms with E-state index in [9.17, 15) is 14.0 Å². The van der Waals surface area contributed by atoms with E-state index in [0.717, 1.165) is 12.8 Å². The highest BCUT2D eigenvalue weighted by molar-refractivity contribution is 5.88. The Morgan fingerprint density at radius 3 is 2.40 bits per heavy atom. The van der Waals surface area contributed by atoms with Crippen molar-refractivity contribution in [3.8, 4) is 11.1 Å². The van der Waals surface area contributed by atoms with Gasteiger partial charge < -0.3 is 9.67 Å². The molecule has 3 rings (SSSR count). The molecule has 0 atom stereocenters. The summed E-state index contributed by atoms with van der Waals surface area (Å²) in [5.74, 6) is -1.64. The summed E-state index contributed by atoms with van der Waals surface area (Å²) in [7, 11) is 0. The lowest BCUT2D eigenvalue weighted by Crippen LogP contribution is -2.19. The van der Waals surface area contributed by atoms with E-state index in [1.54, 1.807) is 10.8 Å². The lowest BCUT2D eigenvalue weighted by Gasteiger charge is -2.09. The van der Waals surface area contributed by atoms with Crippen LogP contribution in [0.5, 0.6) is 0 Å². The molecule has 4 nitrogen and oxygen atoms in total. The van der Waals surface area contributed by atoms with Gasteiger partial charge in [0.1, 0.15) is 11.4 Å². The van der Waals surface area contributed by atoms with Gasteiger partial charge in [0, 0.05) is 24.0 Å². The third-order valence-corrected chi connectivity index (χ3v) is 3.40. The Hall–Kier alpha value is -2.43. The van der Waals surface area contributed by atoms with Crippen LogP contribution in [-0.4, -0.2) is 15.6 Å². The number of benzene rings is 1. The van der Waals surface area contributed by atoms with Crippen LogP contribution in [0.15, 0.2) is 41.5 Å². The minimum absolute atomic E-state index is 0.251.